The van der Waals surface area contributed by atoms with Crippen LogP contribution in [0.2, 0.25) is 0 Å². The van der Waals surface area contributed by atoms with Gasteiger partial charge in [0.1, 0.15) is 0 Å². The summed E-state index contributed by atoms with van der Waals surface area (Å²) in [6.45, 7) is 23.2. The van der Waals surface area contributed by atoms with Gasteiger partial charge in [0.25, 0.3) is 0 Å². The van der Waals surface area contributed by atoms with Crippen LogP contribution in [0.5, 0.6) is 0 Å². The molecule has 0 aromatic heterocycles. The largest absolute Gasteiger partial charge is 0.381 e. The van der Waals surface area contributed by atoms with E-state index in [1.54, 1.807) is 0 Å². The van der Waals surface area contributed by atoms with Crippen molar-refractivity contribution >= 4 is 11.8 Å². The molecule has 2 nitrogen and oxygen atoms in total. The van der Waals surface area contributed by atoms with E-state index in [4.69, 9.17) is 4.74 Å². The van der Waals surface area contributed by atoms with E-state index in [1.165, 1.54) is 62.9 Å². The van der Waals surface area contributed by atoms with Gasteiger partial charge in [0.15, 0.2) is 0 Å². The fourth-order valence-corrected chi connectivity index (χ4v) is 6.69. The van der Waals surface area contributed by atoms with Gasteiger partial charge >= 0.3 is 0 Å². The van der Waals surface area contributed by atoms with Crippen molar-refractivity contribution < 1.29 is 4.74 Å². The minimum atomic E-state index is 0.490. The highest BCUT2D eigenvalue weighted by atomic mass is 32.2. The summed E-state index contributed by atoms with van der Waals surface area (Å²) in [5, 5.41) is 0. The third-order valence-electron chi connectivity index (χ3n) is 8.54. The normalized spacial score (nSPS) is 26.2. The predicted octanol–water partition coefficient (Wildman–Crippen LogP) is 8.79. The average molecular weight is 484 g/mol. The molecule has 0 radical (unpaired) electrons. The lowest BCUT2D eigenvalue weighted by Crippen LogP contribution is -2.35. The molecule has 3 heteroatoms. The summed E-state index contributed by atoms with van der Waals surface area (Å²) in [5.41, 5.74) is 1.57. The third kappa shape index (κ3) is 12.7. The summed E-state index contributed by atoms with van der Waals surface area (Å²) < 4.78 is 5.29. The molecule has 0 spiro atoms. The monoisotopic (exact) mass is 483 g/mol. The zero-order chi connectivity index (χ0) is 25.3. The Bertz CT molecular complexity index is 463. The van der Waals surface area contributed by atoms with E-state index < -0.39 is 0 Å². The van der Waals surface area contributed by atoms with E-state index in [2.05, 4.69) is 93.1 Å². The van der Waals surface area contributed by atoms with E-state index >= 15 is 0 Å². The lowest BCUT2D eigenvalue weighted by atomic mass is 9.71. The van der Waals surface area contributed by atoms with Crippen LogP contribution in [-0.2, 0) is 4.74 Å². The lowest BCUT2D eigenvalue weighted by Gasteiger charge is -2.39. The third-order valence-corrected chi connectivity index (χ3v) is 9.59. The Morgan fingerprint density at radius 3 is 1.21 bits per heavy atom. The van der Waals surface area contributed by atoms with Gasteiger partial charge in [0.05, 0.1) is 0 Å². The van der Waals surface area contributed by atoms with Crippen LogP contribution < -0.4 is 0 Å². The van der Waals surface area contributed by atoms with E-state index in [0.717, 1.165) is 37.0 Å². The summed E-state index contributed by atoms with van der Waals surface area (Å²) in [6, 6.07) is 0.846. The van der Waals surface area contributed by atoms with Crippen LogP contribution in [0, 0.1) is 34.0 Å². The van der Waals surface area contributed by atoms with E-state index in [1.807, 2.05) is 0 Å². The Balaban J connectivity index is 0.000000251. The Morgan fingerprint density at radius 1 is 0.545 bits per heavy atom. The molecule has 0 aromatic rings. The lowest BCUT2D eigenvalue weighted by molar-refractivity contribution is 0.0286. The summed E-state index contributed by atoms with van der Waals surface area (Å²) >= 11 is 2.11. The average Bonchev–Trinajstić information content (AvgIpc) is 2.74. The molecule has 0 atom stereocenters. The Morgan fingerprint density at radius 2 is 0.909 bits per heavy atom. The van der Waals surface area contributed by atoms with Gasteiger partial charge in [-0.05, 0) is 111 Å². The number of hydrogen-bond donors (Lipinski definition) is 0. The van der Waals surface area contributed by atoms with Gasteiger partial charge in [-0.2, -0.15) is 11.8 Å². The fraction of sp³-hybridized carbons (Fsp3) is 1.00. The SMILES string of the molecule is CC(C)(C)C1CCOCC1.CC(C)(C)C1CCSCC1.CN(C)C1CCC(C(C)(C)C)CC1. The Labute approximate surface area is 213 Å². The van der Waals surface area contributed by atoms with Gasteiger partial charge in [0.2, 0.25) is 0 Å². The van der Waals surface area contributed by atoms with Crippen molar-refractivity contribution in [3.05, 3.63) is 0 Å². The van der Waals surface area contributed by atoms with Crippen LogP contribution in [0.15, 0.2) is 0 Å². The first kappa shape index (κ1) is 31.3. The molecule has 3 rings (SSSR count). The van der Waals surface area contributed by atoms with Crippen molar-refractivity contribution in [3.8, 4) is 0 Å². The first-order chi connectivity index (χ1) is 15.1. The van der Waals surface area contributed by atoms with Gasteiger partial charge in [-0.15, -0.1) is 0 Å². The Kier molecular flexibility index (Phi) is 13.4. The molecular weight excluding hydrogens is 422 g/mol. The fourth-order valence-electron chi connectivity index (χ4n) is 5.59. The van der Waals surface area contributed by atoms with Crippen LogP contribution in [0.4, 0.5) is 0 Å². The summed E-state index contributed by atoms with van der Waals surface area (Å²) in [4.78, 5) is 2.39. The zero-order valence-corrected chi connectivity index (χ0v) is 25.4. The standard InChI is InChI=1S/C12H25N.C9H18O.C9H18S/c1-12(2,3)10-6-8-11(9-7-10)13(4)5;2*1-9(2,3)8-4-6-10-7-5-8/h10-11H,6-9H2,1-5H3;2*8H,4-7H2,1-3H3. The number of nitrogens with zero attached hydrogens (tertiary/aromatic N) is 1. The molecule has 2 saturated heterocycles. The van der Waals surface area contributed by atoms with Gasteiger partial charge in [-0.1, -0.05) is 62.3 Å². The van der Waals surface area contributed by atoms with Crippen molar-refractivity contribution in [1.29, 1.82) is 0 Å². The minimum absolute atomic E-state index is 0.490. The summed E-state index contributed by atoms with van der Waals surface area (Å²) in [6.07, 6.45) is 11.0. The quantitative estimate of drug-likeness (QED) is 0.370. The molecule has 3 aliphatic rings. The van der Waals surface area contributed by atoms with Crippen LogP contribution in [0.1, 0.15) is 114 Å². The van der Waals surface area contributed by atoms with Gasteiger partial charge in [-0.25, -0.2) is 0 Å². The van der Waals surface area contributed by atoms with Crippen LogP contribution in [-0.4, -0.2) is 49.8 Å². The van der Waals surface area contributed by atoms with Gasteiger partial charge < -0.3 is 9.64 Å². The first-order valence-electron chi connectivity index (χ1n) is 13.9. The number of hydrogen-bond acceptors (Lipinski definition) is 3. The van der Waals surface area contributed by atoms with E-state index in [0.29, 0.717) is 16.2 Å². The molecular formula is C30H61NOS. The first-order valence-corrected chi connectivity index (χ1v) is 15.1. The van der Waals surface area contributed by atoms with Gasteiger partial charge in [-0.3, -0.25) is 0 Å². The van der Waals surface area contributed by atoms with Crippen molar-refractivity contribution in [2.45, 2.75) is 120 Å². The highest BCUT2D eigenvalue weighted by Gasteiger charge is 2.30. The van der Waals surface area contributed by atoms with Crippen LogP contribution in [0.3, 0.4) is 0 Å². The molecule has 2 aliphatic heterocycles. The molecule has 0 aromatic carbocycles. The smallest absolute Gasteiger partial charge is 0.0468 e. The second-order valence-corrected chi connectivity index (χ2v) is 15.6. The maximum atomic E-state index is 5.29. The molecule has 198 valence electrons. The highest BCUT2D eigenvalue weighted by Crippen LogP contribution is 2.39. The molecule has 33 heavy (non-hydrogen) atoms. The van der Waals surface area contributed by atoms with E-state index in [-0.39, 0.29) is 0 Å². The molecule has 0 amide bonds. The van der Waals surface area contributed by atoms with Crippen molar-refractivity contribution in [2.75, 3.05) is 38.8 Å². The predicted molar refractivity (Wildman–Crippen MR) is 151 cm³/mol. The van der Waals surface area contributed by atoms with Crippen molar-refractivity contribution in [1.82, 2.24) is 4.90 Å². The van der Waals surface area contributed by atoms with Crippen LogP contribution >= 0.6 is 11.8 Å². The second kappa shape index (κ2) is 14.1. The topological polar surface area (TPSA) is 12.5 Å². The maximum Gasteiger partial charge on any atom is 0.0468 e. The number of rotatable bonds is 1. The minimum Gasteiger partial charge on any atom is -0.381 e. The molecule has 0 bridgehead atoms. The summed E-state index contributed by atoms with van der Waals surface area (Å²) in [7, 11) is 4.42. The van der Waals surface area contributed by atoms with Gasteiger partial charge in [0, 0.05) is 19.3 Å². The Hall–Kier alpha value is 0.270. The highest BCUT2D eigenvalue weighted by molar-refractivity contribution is 7.99. The number of thioether (sulfide) groups is 1. The molecule has 1 aliphatic carbocycles. The maximum absolute atomic E-state index is 5.29. The molecule has 3 fully saturated rings. The molecule has 0 unspecified atom stereocenters. The molecule has 0 N–H and O–H groups in total. The number of ether oxygens (including phenoxy) is 1. The molecule has 1 saturated carbocycles. The molecule has 2 heterocycles. The summed E-state index contributed by atoms with van der Waals surface area (Å²) in [5.74, 6) is 5.59. The van der Waals surface area contributed by atoms with Crippen molar-refractivity contribution in [3.63, 3.8) is 0 Å². The zero-order valence-electron chi connectivity index (χ0n) is 24.6. The van der Waals surface area contributed by atoms with Crippen molar-refractivity contribution in [2.24, 2.45) is 34.0 Å². The second-order valence-electron chi connectivity index (χ2n) is 14.3. The van der Waals surface area contributed by atoms with E-state index in [9.17, 15) is 0 Å². The van der Waals surface area contributed by atoms with Crippen LogP contribution in [0.25, 0.3) is 0 Å².